The molecule has 0 spiro atoms. The monoisotopic (exact) mass is 476 g/mol. The maximum absolute atomic E-state index is 14.6. The quantitative estimate of drug-likeness (QED) is 0.491. The van der Waals surface area contributed by atoms with E-state index in [1.165, 1.54) is 14.2 Å². The average molecular weight is 477 g/mol. The molecule has 33 heavy (non-hydrogen) atoms. The van der Waals surface area contributed by atoms with Crippen molar-refractivity contribution in [1.82, 2.24) is 19.6 Å². The van der Waals surface area contributed by atoms with E-state index in [0.717, 1.165) is 18.2 Å². The number of rotatable bonds is 9. The van der Waals surface area contributed by atoms with Crippen LogP contribution in [0.4, 0.5) is 4.39 Å². The third-order valence-electron chi connectivity index (χ3n) is 4.93. The van der Waals surface area contributed by atoms with E-state index in [-0.39, 0.29) is 11.4 Å². The molecule has 1 unspecified atom stereocenters. The Kier molecular flexibility index (Phi) is 7.34. The zero-order valence-corrected chi connectivity index (χ0v) is 19.4. The number of halogens is 1. The van der Waals surface area contributed by atoms with Gasteiger partial charge in [-0.25, -0.2) is 22.5 Å². The molecule has 0 saturated heterocycles. The molecule has 2 aromatic carbocycles. The minimum absolute atomic E-state index is 0.153. The first-order chi connectivity index (χ1) is 15.7. The van der Waals surface area contributed by atoms with Crippen molar-refractivity contribution in [1.29, 1.82) is 0 Å². The van der Waals surface area contributed by atoms with Crippen molar-refractivity contribution in [2.75, 3.05) is 20.8 Å². The summed E-state index contributed by atoms with van der Waals surface area (Å²) >= 11 is 0. The van der Waals surface area contributed by atoms with E-state index in [2.05, 4.69) is 15.0 Å². The van der Waals surface area contributed by atoms with Crippen LogP contribution in [-0.2, 0) is 17.1 Å². The normalized spacial score (nSPS) is 12.3. The molecule has 11 heteroatoms. The van der Waals surface area contributed by atoms with Crippen LogP contribution in [0.15, 0.2) is 53.7 Å². The fourth-order valence-electron chi connectivity index (χ4n) is 3.28. The highest BCUT2D eigenvalue weighted by Crippen LogP contribution is 2.30. The van der Waals surface area contributed by atoms with E-state index in [0.29, 0.717) is 22.9 Å². The van der Waals surface area contributed by atoms with Gasteiger partial charge in [0.05, 0.1) is 24.7 Å². The number of nitrogens with one attached hydrogen (secondary N) is 2. The highest BCUT2D eigenvalue weighted by molar-refractivity contribution is 7.89. The Morgan fingerprint density at radius 2 is 1.82 bits per heavy atom. The van der Waals surface area contributed by atoms with Gasteiger partial charge in [-0.1, -0.05) is 6.92 Å². The zero-order chi connectivity index (χ0) is 24.2. The van der Waals surface area contributed by atoms with Crippen molar-refractivity contribution < 1.29 is 27.1 Å². The van der Waals surface area contributed by atoms with Gasteiger partial charge in [0.2, 0.25) is 10.0 Å². The Bertz CT molecular complexity index is 1240. The van der Waals surface area contributed by atoms with Crippen molar-refractivity contribution in [3.8, 4) is 11.5 Å². The number of aromatic nitrogens is 2. The molecule has 1 heterocycles. The third kappa shape index (κ3) is 5.32. The molecule has 0 radical (unpaired) electrons. The first-order valence-corrected chi connectivity index (χ1v) is 11.5. The molecule has 0 bridgehead atoms. The van der Waals surface area contributed by atoms with Gasteiger partial charge in [-0.3, -0.25) is 4.79 Å². The lowest BCUT2D eigenvalue weighted by atomic mass is 10.0. The van der Waals surface area contributed by atoms with Crippen LogP contribution in [-0.4, -0.2) is 44.6 Å². The summed E-state index contributed by atoms with van der Waals surface area (Å²) in [5, 5.41) is 2.76. The van der Waals surface area contributed by atoms with Crippen molar-refractivity contribution in [2.24, 2.45) is 7.05 Å². The summed E-state index contributed by atoms with van der Waals surface area (Å²) < 4.78 is 53.9. The van der Waals surface area contributed by atoms with Crippen LogP contribution < -0.4 is 19.5 Å². The molecular weight excluding hydrogens is 451 g/mol. The molecular formula is C22H25FN4O5S. The van der Waals surface area contributed by atoms with Gasteiger partial charge in [0.15, 0.2) is 0 Å². The molecule has 0 saturated carbocycles. The predicted molar refractivity (Wildman–Crippen MR) is 119 cm³/mol. The zero-order valence-electron chi connectivity index (χ0n) is 18.6. The molecule has 1 aromatic heterocycles. The molecule has 176 valence electrons. The highest BCUT2D eigenvalue weighted by atomic mass is 32.2. The van der Waals surface area contributed by atoms with Gasteiger partial charge in [0.25, 0.3) is 5.91 Å². The summed E-state index contributed by atoms with van der Waals surface area (Å²) in [7, 11) is 0.872. The number of hydrogen-bond donors (Lipinski definition) is 2. The molecule has 2 N–H and O–H groups in total. The maximum atomic E-state index is 14.6. The number of ether oxygens (including phenoxy) is 2. The Balaban J connectivity index is 2.05. The van der Waals surface area contributed by atoms with Crippen LogP contribution in [0.2, 0.25) is 0 Å². The number of imidazole rings is 1. The Hall–Kier alpha value is -3.44. The van der Waals surface area contributed by atoms with E-state index >= 15 is 0 Å². The van der Waals surface area contributed by atoms with Gasteiger partial charge in [-0.15, -0.1) is 0 Å². The first-order valence-electron chi connectivity index (χ1n) is 10.0. The van der Waals surface area contributed by atoms with Crippen LogP contribution >= 0.6 is 0 Å². The number of hydrogen-bond acceptors (Lipinski definition) is 6. The number of sulfonamides is 1. The van der Waals surface area contributed by atoms with Gasteiger partial charge >= 0.3 is 0 Å². The molecule has 1 atom stereocenters. The second kappa shape index (κ2) is 10.0. The topological polar surface area (TPSA) is 112 Å². The summed E-state index contributed by atoms with van der Waals surface area (Å²) in [6.45, 7) is 1.77. The third-order valence-corrected chi connectivity index (χ3v) is 6.47. The van der Waals surface area contributed by atoms with Gasteiger partial charge in [-0.05, 0) is 35.9 Å². The average Bonchev–Trinajstić information content (AvgIpc) is 3.22. The minimum Gasteiger partial charge on any atom is -0.497 e. The molecule has 0 aliphatic carbocycles. The number of carbonyl (C=O) groups excluding carboxylic acids is 1. The molecule has 0 aliphatic heterocycles. The lowest BCUT2D eigenvalue weighted by Crippen LogP contribution is -2.32. The number of aryl methyl sites for hydroxylation is 1. The molecule has 9 nitrogen and oxygen atoms in total. The largest absolute Gasteiger partial charge is 0.497 e. The highest BCUT2D eigenvalue weighted by Gasteiger charge is 2.25. The summed E-state index contributed by atoms with van der Waals surface area (Å²) in [6.07, 6.45) is 3.27. The van der Waals surface area contributed by atoms with E-state index < -0.39 is 33.4 Å². The van der Waals surface area contributed by atoms with Crippen molar-refractivity contribution in [3.05, 3.63) is 71.6 Å². The minimum atomic E-state index is -3.88. The number of benzene rings is 2. The predicted octanol–water partition coefficient (Wildman–Crippen LogP) is 2.39. The van der Waals surface area contributed by atoms with Gasteiger partial charge in [0, 0.05) is 32.1 Å². The smallest absolute Gasteiger partial charge is 0.255 e. The lowest BCUT2D eigenvalue weighted by molar-refractivity contribution is 0.0936. The lowest BCUT2D eigenvalue weighted by Gasteiger charge is -2.21. The standard InChI is InChI=1S/C22H25FN4O5S/c1-5-25-33(29,30)17-6-7-19(23)18(13-17)22(28)26-20(21-24-8-9-27(21)2)14-10-15(31-3)12-16(11-14)32-4/h6-13,20,25H,5H2,1-4H3,(H,26,28). The second-order valence-electron chi connectivity index (χ2n) is 7.09. The van der Waals surface area contributed by atoms with Gasteiger partial charge < -0.3 is 19.4 Å². The number of methoxy groups -OCH3 is 2. The first kappa shape index (κ1) is 24.2. The summed E-state index contributed by atoms with van der Waals surface area (Å²) in [5.41, 5.74) is 0.161. The Morgan fingerprint density at radius 1 is 1.15 bits per heavy atom. The fraction of sp³-hybridized carbons (Fsp3) is 0.273. The van der Waals surface area contributed by atoms with Crippen LogP contribution in [0.25, 0.3) is 0 Å². The Labute approximate surface area is 191 Å². The van der Waals surface area contributed by atoms with Gasteiger partial charge in [-0.2, -0.15) is 0 Å². The van der Waals surface area contributed by atoms with Gasteiger partial charge in [0.1, 0.15) is 29.2 Å². The van der Waals surface area contributed by atoms with Crippen molar-refractivity contribution in [3.63, 3.8) is 0 Å². The number of amides is 1. The summed E-state index contributed by atoms with van der Waals surface area (Å²) in [4.78, 5) is 17.2. The SMILES string of the molecule is CCNS(=O)(=O)c1ccc(F)c(C(=O)NC(c2cc(OC)cc(OC)c2)c2nccn2C)c1. The van der Waals surface area contributed by atoms with Crippen molar-refractivity contribution in [2.45, 2.75) is 17.9 Å². The van der Waals surface area contributed by atoms with E-state index in [4.69, 9.17) is 9.47 Å². The van der Waals surface area contributed by atoms with E-state index in [1.807, 2.05) is 0 Å². The molecule has 0 aliphatic rings. The second-order valence-corrected chi connectivity index (χ2v) is 8.86. The number of carbonyl (C=O) groups is 1. The molecule has 3 rings (SSSR count). The summed E-state index contributed by atoms with van der Waals surface area (Å²) in [6, 6.07) is 7.32. The van der Waals surface area contributed by atoms with Crippen molar-refractivity contribution >= 4 is 15.9 Å². The number of nitrogens with zero attached hydrogens (tertiary/aromatic N) is 2. The van der Waals surface area contributed by atoms with E-state index in [1.54, 1.807) is 49.1 Å². The fourth-order valence-corrected chi connectivity index (χ4v) is 4.34. The molecule has 1 amide bonds. The van der Waals surface area contributed by atoms with Crippen LogP contribution in [0, 0.1) is 5.82 Å². The van der Waals surface area contributed by atoms with E-state index in [9.17, 15) is 17.6 Å². The van der Waals surface area contributed by atoms with Crippen LogP contribution in [0.3, 0.4) is 0 Å². The van der Waals surface area contributed by atoms with Crippen LogP contribution in [0.1, 0.15) is 34.7 Å². The summed E-state index contributed by atoms with van der Waals surface area (Å²) in [5.74, 6) is -0.221. The Morgan fingerprint density at radius 3 is 2.36 bits per heavy atom. The molecule has 3 aromatic rings. The van der Waals surface area contributed by atoms with Crippen LogP contribution in [0.5, 0.6) is 11.5 Å². The molecule has 0 fully saturated rings. The maximum Gasteiger partial charge on any atom is 0.255 e.